The number of urea groups is 1. The average molecular weight is 374 g/mol. The highest BCUT2D eigenvalue weighted by Crippen LogP contribution is 2.18. The fourth-order valence-corrected chi connectivity index (χ4v) is 2.97. The van der Waals surface area contributed by atoms with Crippen molar-refractivity contribution in [1.29, 1.82) is 0 Å². The van der Waals surface area contributed by atoms with Crippen molar-refractivity contribution in [1.82, 2.24) is 4.90 Å². The molecule has 1 aliphatic heterocycles. The number of morpholine rings is 1. The molecule has 1 heterocycles. The van der Waals surface area contributed by atoms with Crippen molar-refractivity contribution in [2.75, 3.05) is 30.4 Å². The second kappa shape index (κ2) is 8.21. The van der Waals surface area contributed by atoms with Gasteiger partial charge in [-0.1, -0.05) is 23.7 Å². The van der Waals surface area contributed by atoms with Crippen LogP contribution in [0.4, 0.5) is 16.2 Å². The van der Waals surface area contributed by atoms with E-state index in [0.29, 0.717) is 41.7 Å². The molecule has 1 atom stereocenters. The maximum Gasteiger partial charge on any atom is 0.323 e. The van der Waals surface area contributed by atoms with Crippen LogP contribution in [0.25, 0.3) is 0 Å². The van der Waals surface area contributed by atoms with Crippen molar-refractivity contribution >= 4 is 34.9 Å². The summed E-state index contributed by atoms with van der Waals surface area (Å²) in [5.41, 5.74) is 1.65. The molecule has 1 fully saturated rings. The number of carbonyl (C=O) groups excluding carboxylic acids is 2. The number of hydrogen-bond acceptors (Lipinski definition) is 3. The topological polar surface area (TPSA) is 70.7 Å². The first-order valence-corrected chi connectivity index (χ1v) is 8.73. The van der Waals surface area contributed by atoms with Gasteiger partial charge >= 0.3 is 6.03 Å². The van der Waals surface area contributed by atoms with Crippen molar-refractivity contribution in [2.24, 2.45) is 0 Å². The Kier molecular flexibility index (Phi) is 5.75. The van der Waals surface area contributed by atoms with Crippen molar-refractivity contribution in [3.8, 4) is 0 Å². The quantitative estimate of drug-likeness (QED) is 0.858. The Hall–Kier alpha value is -2.57. The summed E-state index contributed by atoms with van der Waals surface area (Å²) in [7, 11) is 0. The molecule has 136 valence electrons. The van der Waals surface area contributed by atoms with E-state index in [1.165, 1.54) is 0 Å². The van der Waals surface area contributed by atoms with Crippen LogP contribution in [-0.4, -0.2) is 42.6 Å². The Bertz CT molecular complexity index is 812. The van der Waals surface area contributed by atoms with Gasteiger partial charge in [-0.05, 0) is 43.3 Å². The smallest absolute Gasteiger partial charge is 0.323 e. The summed E-state index contributed by atoms with van der Waals surface area (Å²) in [5, 5.41) is 5.97. The first-order chi connectivity index (χ1) is 12.5. The molecule has 0 radical (unpaired) electrons. The van der Waals surface area contributed by atoms with Gasteiger partial charge < -0.3 is 20.3 Å². The third-order valence-electron chi connectivity index (χ3n) is 4.08. The number of benzene rings is 2. The van der Waals surface area contributed by atoms with Crippen molar-refractivity contribution in [3.05, 3.63) is 59.1 Å². The normalized spacial score (nSPS) is 16.8. The monoisotopic (exact) mass is 373 g/mol. The summed E-state index contributed by atoms with van der Waals surface area (Å²) in [6.07, 6.45) is 0. The molecule has 6 nitrogen and oxygen atoms in total. The highest BCUT2D eigenvalue weighted by molar-refractivity contribution is 6.30. The van der Waals surface area contributed by atoms with Gasteiger partial charge in [0.2, 0.25) is 0 Å². The maximum absolute atomic E-state index is 12.7. The van der Waals surface area contributed by atoms with Gasteiger partial charge in [0.15, 0.2) is 0 Å². The van der Waals surface area contributed by atoms with E-state index in [9.17, 15) is 9.59 Å². The number of nitrogens with one attached hydrogen (secondary N) is 2. The summed E-state index contributed by atoms with van der Waals surface area (Å²) in [5.74, 6) is -0.0697. The van der Waals surface area contributed by atoms with E-state index in [1.807, 2.05) is 6.92 Å². The highest BCUT2D eigenvalue weighted by Gasteiger charge is 2.24. The van der Waals surface area contributed by atoms with Crippen LogP contribution in [0, 0.1) is 0 Å². The number of amides is 3. The molecule has 0 aromatic heterocycles. The molecule has 1 unspecified atom stereocenters. The molecule has 2 aromatic rings. The largest absolute Gasteiger partial charge is 0.377 e. The maximum atomic E-state index is 12.7. The van der Waals surface area contributed by atoms with Crippen molar-refractivity contribution in [2.45, 2.75) is 13.0 Å². The number of hydrogen-bond donors (Lipinski definition) is 2. The van der Waals surface area contributed by atoms with Gasteiger partial charge in [-0.25, -0.2) is 4.79 Å². The first-order valence-electron chi connectivity index (χ1n) is 8.35. The molecular weight excluding hydrogens is 354 g/mol. The fourth-order valence-electron chi connectivity index (χ4n) is 2.78. The number of carbonyl (C=O) groups is 2. The molecule has 0 bridgehead atoms. The van der Waals surface area contributed by atoms with Crippen LogP contribution in [0.5, 0.6) is 0 Å². The van der Waals surface area contributed by atoms with Crippen LogP contribution < -0.4 is 10.6 Å². The Balaban J connectivity index is 1.67. The predicted octanol–water partition coefficient (Wildman–Crippen LogP) is 3.84. The van der Waals surface area contributed by atoms with Gasteiger partial charge in [0, 0.05) is 28.5 Å². The molecule has 2 N–H and O–H groups in total. The van der Waals surface area contributed by atoms with Crippen LogP contribution in [-0.2, 0) is 4.74 Å². The van der Waals surface area contributed by atoms with Gasteiger partial charge in [-0.15, -0.1) is 0 Å². The number of nitrogens with zero attached hydrogens (tertiary/aromatic N) is 1. The highest BCUT2D eigenvalue weighted by atomic mass is 35.5. The van der Waals surface area contributed by atoms with Crippen LogP contribution in [0.15, 0.2) is 48.5 Å². The molecular formula is C19H20ClN3O3. The molecule has 3 rings (SSSR count). The Morgan fingerprint density at radius 1 is 1.12 bits per heavy atom. The molecule has 3 amide bonds. The Labute approximate surface area is 157 Å². The molecule has 1 saturated heterocycles. The van der Waals surface area contributed by atoms with Crippen LogP contribution in [0.2, 0.25) is 5.02 Å². The molecule has 7 heteroatoms. The minimum atomic E-state index is -0.406. The van der Waals surface area contributed by atoms with Crippen LogP contribution >= 0.6 is 11.6 Å². The van der Waals surface area contributed by atoms with Crippen molar-refractivity contribution in [3.63, 3.8) is 0 Å². The van der Waals surface area contributed by atoms with E-state index in [1.54, 1.807) is 53.4 Å². The van der Waals surface area contributed by atoms with E-state index < -0.39 is 6.03 Å². The number of anilines is 2. The van der Waals surface area contributed by atoms with Gasteiger partial charge in [0.05, 0.1) is 19.3 Å². The lowest BCUT2D eigenvalue weighted by molar-refractivity contribution is 0.00360. The standard InChI is InChI=1S/C19H20ClN3O3/c1-13-12-26-9-8-23(13)18(24)14-4-2-6-16(10-14)21-19(25)22-17-7-3-5-15(20)11-17/h2-7,10-11,13H,8-9,12H2,1H3,(H2,21,22,25). The summed E-state index contributed by atoms with van der Waals surface area (Å²) in [6, 6.07) is 13.4. The first kappa shape index (κ1) is 18.2. The third-order valence-corrected chi connectivity index (χ3v) is 4.31. The molecule has 0 aliphatic carbocycles. The lowest BCUT2D eigenvalue weighted by atomic mass is 10.1. The van der Waals surface area contributed by atoms with E-state index >= 15 is 0 Å². The van der Waals surface area contributed by atoms with Gasteiger partial charge in [-0.3, -0.25) is 4.79 Å². The number of halogens is 1. The van der Waals surface area contributed by atoms with Crippen molar-refractivity contribution < 1.29 is 14.3 Å². The zero-order valence-electron chi connectivity index (χ0n) is 14.4. The Morgan fingerprint density at radius 3 is 2.50 bits per heavy atom. The molecule has 2 aromatic carbocycles. The summed E-state index contributed by atoms with van der Waals surface area (Å²) >= 11 is 5.91. The van der Waals surface area contributed by atoms with Gasteiger partial charge in [-0.2, -0.15) is 0 Å². The van der Waals surface area contributed by atoms with E-state index in [2.05, 4.69) is 10.6 Å². The van der Waals surface area contributed by atoms with Crippen LogP contribution in [0.3, 0.4) is 0 Å². The third kappa shape index (κ3) is 4.53. The molecule has 26 heavy (non-hydrogen) atoms. The SMILES string of the molecule is CC1COCCN1C(=O)c1cccc(NC(=O)Nc2cccc(Cl)c2)c1. The lowest BCUT2D eigenvalue weighted by Gasteiger charge is -2.33. The van der Waals surface area contributed by atoms with Gasteiger partial charge in [0.1, 0.15) is 0 Å². The summed E-state index contributed by atoms with van der Waals surface area (Å²) in [6.45, 7) is 3.59. The van der Waals surface area contributed by atoms with Gasteiger partial charge in [0.25, 0.3) is 5.91 Å². The molecule has 0 saturated carbocycles. The minimum Gasteiger partial charge on any atom is -0.377 e. The second-order valence-corrected chi connectivity index (χ2v) is 6.53. The van der Waals surface area contributed by atoms with E-state index in [4.69, 9.17) is 16.3 Å². The average Bonchev–Trinajstić information content (AvgIpc) is 2.61. The number of rotatable bonds is 3. The predicted molar refractivity (Wildman–Crippen MR) is 102 cm³/mol. The minimum absolute atomic E-state index is 0.0268. The molecule has 1 aliphatic rings. The summed E-state index contributed by atoms with van der Waals surface area (Å²) < 4.78 is 5.37. The zero-order chi connectivity index (χ0) is 18.5. The molecule has 0 spiro atoms. The zero-order valence-corrected chi connectivity index (χ0v) is 15.1. The number of ether oxygens (including phenoxy) is 1. The van der Waals surface area contributed by atoms with Crippen LogP contribution in [0.1, 0.15) is 17.3 Å². The second-order valence-electron chi connectivity index (χ2n) is 6.09. The van der Waals surface area contributed by atoms with E-state index in [0.717, 1.165) is 0 Å². The lowest BCUT2D eigenvalue weighted by Crippen LogP contribution is -2.47. The van der Waals surface area contributed by atoms with E-state index in [-0.39, 0.29) is 11.9 Å². The summed E-state index contributed by atoms with van der Waals surface area (Å²) in [4.78, 5) is 26.6. The fraction of sp³-hybridized carbons (Fsp3) is 0.263. The Morgan fingerprint density at radius 2 is 1.81 bits per heavy atom.